The molecular weight excluding hydrogens is 527 g/mol. The Labute approximate surface area is 225 Å². The number of hydrogen-bond acceptors (Lipinski definition) is 11. The number of fused-ring (bicyclic) bond motifs is 2. The topological polar surface area (TPSA) is 163 Å². The zero-order valence-corrected chi connectivity index (χ0v) is 22.9. The van der Waals surface area contributed by atoms with Crippen LogP contribution < -0.4 is 5.32 Å². The quantitative estimate of drug-likeness (QED) is 0.349. The molecule has 2 aromatic heterocycles. The van der Waals surface area contributed by atoms with Crippen LogP contribution in [0.3, 0.4) is 0 Å². The first-order valence-corrected chi connectivity index (χ1v) is 14.4. The van der Waals surface area contributed by atoms with Gasteiger partial charge in [0.2, 0.25) is 5.82 Å². The second kappa shape index (κ2) is 10.9. The summed E-state index contributed by atoms with van der Waals surface area (Å²) >= 11 is 0. The van der Waals surface area contributed by atoms with Crippen LogP contribution in [0.25, 0.3) is 11.2 Å². The molecule has 3 aromatic rings. The lowest BCUT2D eigenvalue weighted by molar-refractivity contribution is -0.201. The van der Waals surface area contributed by atoms with E-state index < -0.39 is 44.3 Å². The number of benzene rings is 1. The molecule has 0 radical (unpaired) electrons. The van der Waals surface area contributed by atoms with Gasteiger partial charge in [0, 0.05) is 0 Å². The van der Waals surface area contributed by atoms with Crippen molar-refractivity contribution in [2.75, 3.05) is 24.9 Å². The lowest BCUT2D eigenvalue weighted by Crippen LogP contribution is -2.33. The van der Waals surface area contributed by atoms with Gasteiger partial charge >= 0.3 is 7.60 Å². The first-order valence-electron chi connectivity index (χ1n) is 12.6. The van der Waals surface area contributed by atoms with Crippen molar-refractivity contribution in [2.45, 2.75) is 64.1 Å². The summed E-state index contributed by atoms with van der Waals surface area (Å²) in [7, 11) is -3.87. The molecular formula is C25H31N6O7P. The average molecular weight is 559 g/mol. The lowest BCUT2D eigenvalue weighted by atomic mass is 10.1. The molecule has 2 saturated heterocycles. The van der Waals surface area contributed by atoms with Gasteiger partial charge in [0.1, 0.15) is 30.7 Å². The van der Waals surface area contributed by atoms with E-state index in [1.807, 2.05) is 43.3 Å². The third-order valence-corrected chi connectivity index (χ3v) is 7.61. The molecule has 39 heavy (non-hydrogen) atoms. The molecule has 0 spiro atoms. The molecule has 14 heteroatoms. The molecule has 0 amide bonds. The zero-order valence-electron chi connectivity index (χ0n) is 22.1. The van der Waals surface area contributed by atoms with Crippen molar-refractivity contribution in [3.8, 4) is 6.07 Å². The number of ether oxygens (including phenoxy) is 4. The Hall–Kier alpha value is -2.95. The summed E-state index contributed by atoms with van der Waals surface area (Å²) in [6.07, 6.45) is -1.33. The van der Waals surface area contributed by atoms with Crippen LogP contribution in [0.2, 0.25) is 0 Å². The van der Waals surface area contributed by atoms with Gasteiger partial charge in [-0.2, -0.15) is 15.2 Å². The lowest BCUT2D eigenvalue weighted by Gasteiger charge is -2.25. The maximum atomic E-state index is 12.0. The van der Waals surface area contributed by atoms with Gasteiger partial charge in [-0.1, -0.05) is 30.3 Å². The minimum atomic E-state index is -3.87. The van der Waals surface area contributed by atoms with Gasteiger partial charge in [-0.25, -0.2) is 4.98 Å². The highest BCUT2D eigenvalue weighted by Gasteiger charge is 2.56. The van der Waals surface area contributed by atoms with Crippen LogP contribution >= 0.6 is 7.60 Å². The number of anilines is 1. The van der Waals surface area contributed by atoms with Crippen molar-refractivity contribution in [1.29, 1.82) is 5.26 Å². The summed E-state index contributed by atoms with van der Waals surface area (Å²) in [6, 6.07) is 11.8. The minimum absolute atomic E-state index is 0.0266. The summed E-state index contributed by atoms with van der Waals surface area (Å²) in [5.74, 6) is -0.506. The number of hydrogen-bond donors (Lipinski definition) is 2. The molecule has 6 atom stereocenters. The number of imidazole rings is 1. The van der Waals surface area contributed by atoms with E-state index in [4.69, 9.17) is 23.5 Å². The molecule has 2 aliphatic rings. The van der Waals surface area contributed by atoms with E-state index >= 15 is 0 Å². The molecule has 13 nitrogen and oxygen atoms in total. The van der Waals surface area contributed by atoms with E-state index in [0.717, 1.165) is 5.56 Å². The van der Waals surface area contributed by atoms with Crippen molar-refractivity contribution in [3.05, 3.63) is 48.0 Å². The molecule has 2 unspecified atom stereocenters. The smallest absolute Gasteiger partial charge is 0.353 e. The summed E-state index contributed by atoms with van der Waals surface area (Å²) < 4.78 is 42.7. The largest absolute Gasteiger partial charge is 0.366 e. The van der Waals surface area contributed by atoms with Crippen molar-refractivity contribution in [1.82, 2.24) is 19.5 Å². The maximum absolute atomic E-state index is 12.0. The Morgan fingerprint density at radius 3 is 2.72 bits per heavy atom. The highest BCUT2D eigenvalue weighted by atomic mass is 31.2. The van der Waals surface area contributed by atoms with E-state index in [1.165, 1.54) is 0 Å². The molecule has 2 aliphatic heterocycles. The first kappa shape index (κ1) is 27.6. The highest BCUT2D eigenvalue weighted by Crippen LogP contribution is 2.45. The normalized spacial score (nSPS) is 26.2. The molecule has 2 fully saturated rings. The van der Waals surface area contributed by atoms with Crippen molar-refractivity contribution >= 4 is 24.6 Å². The number of nitriles is 1. The van der Waals surface area contributed by atoms with Crippen molar-refractivity contribution in [3.63, 3.8) is 0 Å². The van der Waals surface area contributed by atoms with Crippen LogP contribution in [0, 0.1) is 11.3 Å². The second-order valence-electron chi connectivity index (χ2n) is 9.79. The Morgan fingerprint density at radius 2 is 2.00 bits per heavy atom. The van der Waals surface area contributed by atoms with Crippen LogP contribution in [-0.2, 0) is 28.0 Å². The number of nitrogens with zero attached hydrogens (tertiary/aromatic N) is 5. The monoisotopic (exact) mass is 558 g/mol. The summed E-state index contributed by atoms with van der Waals surface area (Å²) in [4.78, 5) is 23.2. The third-order valence-electron chi connectivity index (χ3n) is 6.44. The number of nitrogens with one attached hydrogen (secondary N) is 1. The molecule has 0 bridgehead atoms. The van der Waals surface area contributed by atoms with Gasteiger partial charge in [-0.05, 0) is 33.3 Å². The Kier molecular flexibility index (Phi) is 7.72. The van der Waals surface area contributed by atoms with E-state index in [9.17, 15) is 14.7 Å². The minimum Gasteiger partial charge on any atom is -0.366 e. The number of rotatable bonds is 10. The highest BCUT2D eigenvalue weighted by molar-refractivity contribution is 7.52. The Morgan fingerprint density at radius 1 is 1.26 bits per heavy atom. The predicted octanol–water partition coefficient (Wildman–Crippen LogP) is 3.48. The Balaban J connectivity index is 1.43. The molecule has 4 heterocycles. The van der Waals surface area contributed by atoms with Crippen LogP contribution in [0.4, 0.5) is 5.82 Å². The second-order valence-corrected chi connectivity index (χ2v) is 11.6. The first-order chi connectivity index (χ1) is 18.6. The van der Waals surface area contributed by atoms with Crippen LogP contribution in [0.5, 0.6) is 0 Å². The van der Waals surface area contributed by atoms with Crippen LogP contribution in [0.1, 0.15) is 51.4 Å². The summed E-state index contributed by atoms with van der Waals surface area (Å²) in [5, 5.41) is 13.0. The molecule has 0 aliphatic carbocycles. The molecule has 208 valence electrons. The van der Waals surface area contributed by atoms with Gasteiger partial charge in [-0.3, -0.25) is 9.13 Å². The molecule has 0 saturated carbocycles. The van der Waals surface area contributed by atoms with E-state index in [1.54, 1.807) is 31.7 Å². The van der Waals surface area contributed by atoms with Crippen LogP contribution in [0.15, 0.2) is 36.7 Å². The van der Waals surface area contributed by atoms with Gasteiger partial charge in [0.15, 0.2) is 29.0 Å². The van der Waals surface area contributed by atoms with E-state index in [-0.39, 0.29) is 25.1 Å². The fourth-order valence-corrected chi connectivity index (χ4v) is 5.64. The zero-order chi connectivity index (χ0) is 27.8. The molecule has 1 aromatic carbocycles. The maximum Gasteiger partial charge on any atom is 0.353 e. The summed E-state index contributed by atoms with van der Waals surface area (Å²) in [6.45, 7) is 7.28. The fraction of sp³-hybridized carbons (Fsp3) is 0.520. The van der Waals surface area contributed by atoms with Crippen molar-refractivity contribution < 1.29 is 32.9 Å². The third kappa shape index (κ3) is 5.83. The van der Waals surface area contributed by atoms with E-state index in [0.29, 0.717) is 17.0 Å². The predicted molar refractivity (Wildman–Crippen MR) is 139 cm³/mol. The van der Waals surface area contributed by atoms with Gasteiger partial charge in [-0.15, -0.1) is 0 Å². The average Bonchev–Trinajstić information content (AvgIpc) is 3.55. The molecule has 2 N–H and O–H groups in total. The van der Waals surface area contributed by atoms with Gasteiger partial charge < -0.3 is 33.7 Å². The van der Waals surface area contributed by atoms with Crippen molar-refractivity contribution in [2.24, 2.45) is 0 Å². The Bertz CT molecular complexity index is 1410. The SMILES string of the molecule is CCOP(=O)(O)COCC1O[C@@H](n2cnc3c(N[C@@H](C)c4ccccc4)nc(C#N)nc32)[C@@H]2OC(C)(C)O[C@H]12. The van der Waals surface area contributed by atoms with Crippen LogP contribution in [-0.4, -0.2) is 68.1 Å². The summed E-state index contributed by atoms with van der Waals surface area (Å²) in [5.41, 5.74) is 1.90. The molecule has 5 rings (SSSR count). The number of aromatic nitrogens is 4. The van der Waals surface area contributed by atoms with E-state index in [2.05, 4.69) is 20.3 Å². The van der Waals surface area contributed by atoms with Gasteiger partial charge in [0.05, 0.1) is 25.6 Å². The van der Waals surface area contributed by atoms with Gasteiger partial charge in [0.25, 0.3) is 0 Å². The standard InChI is InChI=1S/C25H31N6O7P/c1-5-35-39(32,33)14-34-12-17-20-21(38-25(3,4)37-20)24(36-17)31-13-27-19-22(29-18(11-26)30-23(19)31)28-15(2)16-9-7-6-8-10-16/h6-10,13,15,17,20-21,24H,5,12,14H2,1-4H3,(H,32,33)(H,28,29,30)/t15-,17?,20+,21+,24+/m0/s1. The fourth-order valence-electron chi connectivity index (χ4n) is 4.82.